The predicted octanol–water partition coefficient (Wildman–Crippen LogP) is 1.49. The number of carbonyl (C=O) groups excluding carboxylic acids is 1. The molecule has 0 aliphatic carbocycles. The summed E-state index contributed by atoms with van der Waals surface area (Å²) in [4.78, 5) is 11.8. The second-order valence-corrected chi connectivity index (χ2v) is 4.84. The molecule has 0 radical (unpaired) electrons. The third kappa shape index (κ3) is 4.21. The van der Waals surface area contributed by atoms with Crippen LogP contribution < -0.4 is 15.4 Å². The summed E-state index contributed by atoms with van der Waals surface area (Å²) in [5, 5.41) is 5.74. The topological polar surface area (TPSA) is 50.4 Å². The molecule has 0 atom stereocenters. The molecule has 0 bridgehead atoms. The van der Waals surface area contributed by atoms with Crippen molar-refractivity contribution in [1.29, 1.82) is 0 Å². The fraction of sp³-hybridized carbons (Fsp3) is 0.500. The Bertz CT molecular complexity index is 447. The van der Waals surface area contributed by atoms with Crippen LogP contribution in [0.25, 0.3) is 0 Å². The Morgan fingerprint density at radius 1 is 1.42 bits per heavy atom. The lowest BCUT2D eigenvalue weighted by Gasteiger charge is -2.22. The maximum atomic E-state index is 13.2. The normalized spacial score (nSPS) is 11.2. The number of rotatable bonds is 6. The minimum atomic E-state index is -0.619. The first-order valence-corrected chi connectivity index (χ1v) is 6.20. The van der Waals surface area contributed by atoms with Crippen LogP contribution in [0, 0.1) is 5.82 Å². The molecule has 19 heavy (non-hydrogen) atoms. The van der Waals surface area contributed by atoms with Gasteiger partial charge in [0, 0.05) is 6.54 Å². The first kappa shape index (κ1) is 15.4. The molecule has 0 saturated heterocycles. The molecule has 0 aliphatic rings. The van der Waals surface area contributed by atoms with Gasteiger partial charge in [0.25, 0.3) is 0 Å². The summed E-state index contributed by atoms with van der Waals surface area (Å²) in [6, 6.07) is 4.36. The Hall–Kier alpha value is -1.62. The fourth-order valence-electron chi connectivity index (χ4n) is 1.59. The van der Waals surface area contributed by atoms with E-state index in [2.05, 4.69) is 10.6 Å². The van der Waals surface area contributed by atoms with Crippen LogP contribution in [0.3, 0.4) is 0 Å². The molecule has 1 rings (SSSR count). The number of methoxy groups -OCH3 is 1. The Morgan fingerprint density at radius 2 is 2.11 bits per heavy atom. The standard InChI is InChI=1S/C14H21FN2O2/c1-14(2,16-3)13(18)17-8-7-10-9-11(15)5-6-12(10)19-4/h5-6,9,16H,7-8H2,1-4H3,(H,17,18). The first-order valence-electron chi connectivity index (χ1n) is 6.20. The molecule has 1 aromatic carbocycles. The molecule has 0 fully saturated rings. The lowest BCUT2D eigenvalue weighted by Crippen LogP contribution is -2.51. The molecule has 1 amide bonds. The Kier molecular flexibility index (Phi) is 5.30. The summed E-state index contributed by atoms with van der Waals surface area (Å²) in [6.07, 6.45) is 0.520. The average Bonchev–Trinajstić information content (AvgIpc) is 2.38. The van der Waals surface area contributed by atoms with Crippen molar-refractivity contribution in [3.63, 3.8) is 0 Å². The number of carbonyl (C=O) groups is 1. The van der Waals surface area contributed by atoms with E-state index < -0.39 is 5.54 Å². The molecule has 2 N–H and O–H groups in total. The third-order valence-electron chi connectivity index (χ3n) is 3.11. The molecule has 0 saturated carbocycles. The molecule has 5 heteroatoms. The van der Waals surface area contributed by atoms with Crippen LogP contribution in [0.4, 0.5) is 4.39 Å². The van der Waals surface area contributed by atoms with Crippen LogP contribution >= 0.6 is 0 Å². The molecule has 0 heterocycles. The average molecular weight is 268 g/mol. The van der Waals surface area contributed by atoms with Crippen molar-refractivity contribution in [2.45, 2.75) is 25.8 Å². The zero-order chi connectivity index (χ0) is 14.5. The smallest absolute Gasteiger partial charge is 0.239 e. The monoisotopic (exact) mass is 268 g/mol. The first-order chi connectivity index (χ1) is 8.90. The van der Waals surface area contributed by atoms with Crippen LogP contribution in [0.2, 0.25) is 0 Å². The van der Waals surface area contributed by atoms with E-state index in [0.29, 0.717) is 18.7 Å². The highest BCUT2D eigenvalue weighted by atomic mass is 19.1. The molecule has 106 valence electrons. The number of halogens is 1. The Balaban J connectivity index is 2.58. The zero-order valence-corrected chi connectivity index (χ0v) is 11.8. The van der Waals surface area contributed by atoms with Gasteiger partial charge in [-0.25, -0.2) is 4.39 Å². The van der Waals surface area contributed by atoms with Gasteiger partial charge in [-0.1, -0.05) is 0 Å². The van der Waals surface area contributed by atoms with Crippen molar-refractivity contribution >= 4 is 5.91 Å². The van der Waals surface area contributed by atoms with Gasteiger partial charge in [0.1, 0.15) is 11.6 Å². The largest absolute Gasteiger partial charge is 0.496 e. The summed E-state index contributed by atoms with van der Waals surface area (Å²) < 4.78 is 18.3. The molecule has 4 nitrogen and oxygen atoms in total. The van der Waals surface area contributed by atoms with Crippen LogP contribution in [-0.4, -0.2) is 32.1 Å². The number of benzene rings is 1. The van der Waals surface area contributed by atoms with Gasteiger partial charge in [-0.15, -0.1) is 0 Å². The van der Waals surface area contributed by atoms with Gasteiger partial charge in [0.2, 0.25) is 5.91 Å². The Labute approximate surface area is 113 Å². The van der Waals surface area contributed by atoms with Gasteiger partial charge >= 0.3 is 0 Å². The lowest BCUT2D eigenvalue weighted by molar-refractivity contribution is -0.126. The van der Waals surface area contributed by atoms with Crippen molar-refractivity contribution < 1.29 is 13.9 Å². The summed E-state index contributed by atoms with van der Waals surface area (Å²) in [7, 11) is 3.27. The van der Waals surface area contributed by atoms with Crippen molar-refractivity contribution in [1.82, 2.24) is 10.6 Å². The summed E-state index contributed by atoms with van der Waals surface area (Å²) in [6.45, 7) is 4.03. The van der Waals surface area contributed by atoms with Gasteiger partial charge in [0.15, 0.2) is 0 Å². The molecular weight excluding hydrogens is 247 g/mol. The molecular formula is C14H21FN2O2. The van der Waals surface area contributed by atoms with E-state index in [0.717, 1.165) is 5.56 Å². The number of amides is 1. The highest BCUT2D eigenvalue weighted by Gasteiger charge is 2.24. The van der Waals surface area contributed by atoms with Crippen molar-refractivity contribution in [3.05, 3.63) is 29.6 Å². The number of hydrogen-bond donors (Lipinski definition) is 2. The van der Waals surface area contributed by atoms with E-state index in [1.54, 1.807) is 34.1 Å². The lowest BCUT2D eigenvalue weighted by atomic mass is 10.0. The molecule has 0 aliphatic heterocycles. The second-order valence-electron chi connectivity index (χ2n) is 4.84. The molecule has 0 aromatic heterocycles. The van der Waals surface area contributed by atoms with Gasteiger partial charge in [0.05, 0.1) is 12.6 Å². The van der Waals surface area contributed by atoms with E-state index in [9.17, 15) is 9.18 Å². The highest BCUT2D eigenvalue weighted by molar-refractivity contribution is 5.85. The Morgan fingerprint density at radius 3 is 2.68 bits per heavy atom. The molecule has 0 spiro atoms. The van der Waals surface area contributed by atoms with Crippen LogP contribution in [0.15, 0.2) is 18.2 Å². The number of hydrogen-bond acceptors (Lipinski definition) is 3. The van der Waals surface area contributed by atoms with Gasteiger partial charge in [-0.05, 0) is 51.1 Å². The zero-order valence-electron chi connectivity index (χ0n) is 11.8. The minimum absolute atomic E-state index is 0.0923. The number of nitrogens with one attached hydrogen (secondary N) is 2. The van der Waals surface area contributed by atoms with Gasteiger partial charge < -0.3 is 15.4 Å². The fourth-order valence-corrected chi connectivity index (χ4v) is 1.59. The van der Waals surface area contributed by atoms with Crippen LogP contribution in [-0.2, 0) is 11.2 Å². The second kappa shape index (κ2) is 6.52. The van der Waals surface area contributed by atoms with E-state index in [1.165, 1.54) is 12.1 Å². The minimum Gasteiger partial charge on any atom is -0.496 e. The quantitative estimate of drug-likeness (QED) is 0.822. The third-order valence-corrected chi connectivity index (χ3v) is 3.11. The maximum absolute atomic E-state index is 13.2. The van der Waals surface area contributed by atoms with E-state index >= 15 is 0 Å². The SMILES string of the molecule is CNC(C)(C)C(=O)NCCc1cc(F)ccc1OC. The van der Waals surface area contributed by atoms with E-state index in [-0.39, 0.29) is 11.7 Å². The molecule has 0 unspecified atom stereocenters. The molecule has 1 aromatic rings. The van der Waals surface area contributed by atoms with Crippen LogP contribution in [0.5, 0.6) is 5.75 Å². The predicted molar refractivity (Wildman–Crippen MR) is 72.8 cm³/mol. The van der Waals surface area contributed by atoms with Crippen LogP contribution in [0.1, 0.15) is 19.4 Å². The van der Waals surface area contributed by atoms with E-state index in [1.807, 2.05) is 0 Å². The van der Waals surface area contributed by atoms with Crippen molar-refractivity contribution in [2.75, 3.05) is 20.7 Å². The van der Waals surface area contributed by atoms with Gasteiger partial charge in [-0.3, -0.25) is 4.79 Å². The number of ether oxygens (including phenoxy) is 1. The van der Waals surface area contributed by atoms with Gasteiger partial charge in [-0.2, -0.15) is 0 Å². The van der Waals surface area contributed by atoms with Crippen molar-refractivity contribution in [2.24, 2.45) is 0 Å². The maximum Gasteiger partial charge on any atom is 0.239 e. The van der Waals surface area contributed by atoms with E-state index in [4.69, 9.17) is 4.74 Å². The number of likely N-dealkylation sites (N-methyl/N-ethyl adjacent to an activating group) is 1. The van der Waals surface area contributed by atoms with Crippen molar-refractivity contribution in [3.8, 4) is 5.75 Å². The summed E-state index contributed by atoms with van der Waals surface area (Å²) >= 11 is 0. The highest BCUT2D eigenvalue weighted by Crippen LogP contribution is 2.19. The summed E-state index contributed by atoms with van der Waals surface area (Å²) in [5.74, 6) is 0.228. The summed E-state index contributed by atoms with van der Waals surface area (Å²) in [5.41, 5.74) is 0.122.